The van der Waals surface area contributed by atoms with Crippen LogP contribution in [0.15, 0.2) is 0 Å². The van der Waals surface area contributed by atoms with Crippen LogP contribution in [-0.4, -0.2) is 205 Å². The summed E-state index contributed by atoms with van der Waals surface area (Å²) in [6.07, 6.45) is -24.4. The van der Waals surface area contributed by atoms with E-state index in [9.17, 15) is 70.2 Å². The van der Waals surface area contributed by atoms with Gasteiger partial charge in [-0.2, -0.15) is 0 Å². The topological polar surface area (TPSA) is 350 Å². The maximum absolute atomic E-state index is 12.9. The van der Waals surface area contributed by atoms with E-state index in [-0.39, 0.29) is 44.7 Å². The molecule has 0 radical (unpaired) electrons. The Kier molecular flexibility index (Phi) is 15.3. The van der Waals surface area contributed by atoms with Crippen LogP contribution in [0.4, 0.5) is 0 Å². The lowest BCUT2D eigenvalue weighted by Crippen LogP contribution is -2.65. The van der Waals surface area contributed by atoms with Crippen molar-refractivity contribution in [3.63, 3.8) is 0 Å². The maximum Gasteiger partial charge on any atom is 0.336 e. The molecule has 11 N–H and O–H groups in total. The van der Waals surface area contributed by atoms with Crippen molar-refractivity contribution >= 4 is 23.7 Å². The standard InChI is InChI=1S/C32H50N2O21/c35-9-14-19(39)22(42)24(44)30(51-14)50-11-16-21(41)27(54-32-25(45)23(43)20(40)15(10-36)52-32)26(46)31(53-16)49-8-7-33-28(47)12-1-3-13(4-2-12)29(48)55-34-17(37)5-6-18(34)38/h12-16,19-27,30-32,35-36,39-46H,1-11H2,(H,33,47)/t12-,13-,14-,15-,16-,19-,20-,21-,22+,23+,24+,25+,26+,27+,30+,31+,32-/m1/s1. The summed E-state index contributed by atoms with van der Waals surface area (Å²) in [5.41, 5.74) is 0. The molecular formula is C32H50N2O21. The summed E-state index contributed by atoms with van der Waals surface area (Å²) in [4.78, 5) is 53.9. The van der Waals surface area contributed by atoms with Crippen LogP contribution in [0, 0.1) is 11.8 Å². The fourth-order valence-corrected chi connectivity index (χ4v) is 6.98. The van der Waals surface area contributed by atoms with E-state index in [4.69, 9.17) is 33.3 Å². The molecule has 314 valence electrons. The minimum atomic E-state index is -1.92. The number of ether oxygens (including phenoxy) is 6. The van der Waals surface area contributed by atoms with Gasteiger partial charge in [-0.1, -0.05) is 0 Å². The van der Waals surface area contributed by atoms with Gasteiger partial charge in [0.25, 0.3) is 11.8 Å². The van der Waals surface area contributed by atoms with E-state index in [0.29, 0.717) is 17.9 Å². The molecule has 0 bridgehead atoms. The first kappa shape index (κ1) is 43.6. The van der Waals surface area contributed by atoms with Crippen LogP contribution < -0.4 is 5.32 Å². The summed E-state index contributed by atoms with van der Waals surface area (Å²) in [7, 11) is 0. The average molecular weight is 799 g/mol. The van der Waals surface area contributed by atoms with Gasteiger partial charge in [-0.05, 0) is 25.7 Å². The molecule has 0 aromatic rings. The first-order valence-corrected chi connectivity index (χ1v) is 18.0. The second kappa shape index (κ2) is 19.3. The summed E-state index contributed by atoms with van der Waals surface area (Å²) in [5, 5.41) is 106. The van der Waals surface area contributed by atoms with Gasteiger partial charge in [0.15, 0.2) is 18.9 Å². The van der Waals surface area contributed by atoms with Crippen molar-refractivity contribution in [1.82, 2.24) is 10.4 Å². The van der Waals surface area contributed by atoms with Gasteiger partial charge in [0.2, 0.25) is 5.91 Å². The maximum atomic E-state index is 12.9. The molecule has 23 nitrogen and oxygen atoms in total. The Morgan fingerprint density at radius 1 is 0.636 bits per heavy atom. The van der Waals surface area contributed by atoms with Crippen molar-refractivity contribution in [3.05, 3.63) is 0 Å². The Labute approximate surface area is 313 Å². The van der Waals surface area contributed by atoms with Gasteiger partial charge in [0.1, 0.15) is 73.2 Å². The molecule has 5 fully saturated rings. The molecule has 4 saturated heterocycles. The fourth-order valence-electron chi connectivity index (χ4n) is 6.98. The number of amides is 3. The fraction of sp³-hybridized carbons (Fsp3) is 0.875. The van der Waals surface area contributed by atoms with Gasteiger partial charge >= 0.3 is 5.97 Å². The van der Waals surface area contributed by atoms with Crippen molar-refractivity contribution in [2.45, 2.75) is 131 Å². The van der Waals surface area contributed by atoms with Crippen molar-refractivity contribution < 1.29 is 104 Å². The zero-order valence-corrected chi connectivity index (χ0v) is 29.5. The van der Waals surface area contributed by atoms with Gasteiger partial charge in [-0.25, -0.2) is 4.79 Å². The summed E-state index contributed by atoms with van der Waals surface area (Å²) in [5.74, 6) is -3.36. The number of rotatable bonds is 14. The highest BCUT2D eigenvalue weighted by atomic mass is 16.8. The SMILES string of the molecule is O=C1CCC(=O)N1OC(=O)[C@H]1CC[C@H](C(=O)NCCO[C@H]2O[C@H](CO[C@H]3O[C@H](CO)[C@@H](O)[C@H](O)[C@@H]3O)[C@@H](O)[C@H](O[C@H]3O[C@H](CO)[C@@H](O)[C@H](O)[C@@H]3O)[C@@H]2O)CC1. The zero-order valence-electron chi connectivity index (χ0n) is 29.5. The minimum absolute atomic E-state index is 0.0342. The van der Waals surface area contributed by atoms with Gasteiger partial charge in [0.05, 0.1) is 32.3 Å². The molecule has 55 heavy (non-hydrogen) atoms. The second-order valence-electron chi connectivity index (χ2n) is 14.1. The first-order valence-electron chi connectivity index (χ1n) is 18.0. The van der Waals surface area contributed by atoms with E-state index in [0.717, 1.165) is 0 Å². The number of hydrogen-bond donors (Lipinski definition) is 11. The summed E-state index contributed by atoms with van der Waals surface area (Å²) in [6.45, 7) is -2.59. The highest BCUT2D eigenvalue weighted by Gasteiger charge is 2.52. The number of aliphatic hydroxyl groups excluding tert-OH is 10. The molecule has 0 aromatic heterocycles. The Balaban J connectivity index is 1.16. The number of nitrogens with zero attached hydrogens (tertiary/aromatic N) is 1. The third-order valence-corrected chi connectivity index (χ3v) is 10.4. The number of hydroxylamine groups is 2. The molecule has 0 unspecified atom stereocenters. The third-order valence-electron chi connectivity index (χ3n) is 10.4. The van der Waals surface area contributed by atoms with Crippen LogP contribution in [0.25, 0.3) is 0 Å². The molecular weight excluding hydrogens is 748 g/mol. The monoisotopic (exact) mass is 798 g/mol. The molecule has 4 aliphatic heterocycles. The zero-order chi connectivity index (χ0) is 40.1. The first-order chi connectivity index (χ1) is 26.2. The molecule has 0 aromatic carbocycles. The van der Waals surface area contributed by atoms with Crippen LogP contribution in [0.2, 0.25) is 0 Å². The van der Waals surface area contributed by atoms with E-state index in [1.807, 2.05) is 0 Å². The van der Waals surface area contributed by atoms with Crippen molar-refractivity contribution in [2.24, 2.45) is 11.8 Å². The lowest BCUT2D eigenvalue weighted by atomic mass is 9.81. The van der Waals surface area contributed by atoms with Crippen LogP contribution in [0.3, 0.4) is 0 Å². The molecule has 5 rings (SSSR count). The minimum Gasteiger partial charge on any atom is -0.394 e. The van der Waals surface area contributed by atoms with E-state index in [1.54, 1.807) is 0 Å². The third kappa shape index (κ3) is 9.95. The Hall–Kier alpha value is -2.56. The Morgan fingerprint density at radius 2 is 1.15 bits per heavy atom. The highest BCUT2D eigenvalue weighted by molar-refractivity contribution is 6.01. The number of nitrogens with one attached hydrogen (secondary N) is 1. The Bertz CT molecular complexity index is 1300. The van der Waals surface area contributed by atoms with Crippen LogP contribution in [0.5, 0.6) is 0 Å². The van der Waals surface area contributed by atoms with E-state index < -0.39 is 142 Å². The predicted octanol–water partition coefficient (Wildman–Crippen LogP) is -7.02. The molecule has 1 saturated carbocycles. The molecule has 0 spiro atoms. The smallest absolute Gasteiger partial charge is 0.336 e. The van der Waals surface area contributed by atoms with Crippen molar-refractivity contribution in [2.75, 3.05) is 33.0 Å². The summed E-state index contributed by atoms with van der Waals surface area (Å²) >= 11 is 0. The van der Waals surface area contributed by atoms with E-state index in [1.165, 1.54) is 0 Å². The average Bonchev–Trinajstić information content (AvgIpc) is 3.50. The molecule has 1 aliphatic carbocycles. The number of imide groups is 1. The lowest BCUT2D eigenvalue weighted by molar-refractivity contribution is -0.366. The molecule has 4 heterocycles. The highest BCUT2D eigenvalue weighted by Crippen LogP contribution is 2.32. The molecule has 15 atom stereocenters. The Morgan fingerprint density at radius 3 is 1.73 bits per heavy atom. The second-order valence-corrected chi connectivity index (χ2v) is 14.1. The van der Waals surface area contributed by atoms with E-state index in [2.05, 4.69) is 5.32 Å². The van der Waals surface area contributed by atoms with Crippen molar-refractivity contribution in [3.8, 4) is 0 Å². The predicted molar refractivity (Wildman–Crippen MR) is 171 cm³/mol. The van der Waals surface area contributed by atoms with Crippen LogP contribution in [-0.2, 0) is 52.4 Å². The molecule has 23 heteroatoms. The molecule has 3 amide bonds. The number of aliphatic hydroxyl groups is 10. The lowest BCUT2D eigenvalue weighted by Gasteiger charge is -2.46. The normalized spacial score (nSPS) is 42.7. The van der Waals surface area contributed by atoms with Crippen LogP contribution in [0.1, 0.15) is 38.5 Å². The summed E-state index contributed by atoms with van der Waals surface area (Å²) < 4.78 is 33.2. The number of carbonyl (C=O) groups is 4. The van der Waals surface area contributed by atoms with Gasteiger partial charge in [-0.3, -0.25) is 14.4 Å². The molecule has 5 aliphatic rings. The largest absolute Gasteiger partial charge is 0.394 e. The van der Waals surface area contributed by atoms with Gasteiger partial charge in [0, 0.05) is 25.3 Å². The van der Waals surface area contributed by atoms with Gasteiger partial charge in [-0.15, -0.1) is 5.06 Å². The van der Waals surface area contributed by atoms with Crippen LogP contribution >= 0.6 is 0 Å². The van der Waals surface area contributed by atoms with Gasteiger partial charge < -0.3 is 89.6 Å². The number of carbonyl (C=O) groups excluding carboxylic acids is 4. The van der Waals surface area contributed by atoms with Crippen molar-refractivity contribution in [1.29, 1.82) is 0 Å². The summed E-state index contributed by atoms with van der Waals surface area (Å²) in [6, 6.07) is 0. The van der Waals surface area contributed by atoms with E-state index >= 15 is 0 Å². The number of hydrogen-bond acceptors (Lipinski definition) is 21. The quantitative estimate of drug-likeness (QED) is 0.0574.